The maximum absolute atomic E-state index is 13.3. The van der Waals surface area contributed by atoms with Crippen molar-refractivity contribution in [1.29, 1.82) is 0 Å². The number of hydrogen-bond acceptors (Lipinski definition) is 1. The molecule has 1 atom stereocenters. The maximum Gasteiger partial charge on any atom is 0.285 e. The summed E-state index contributed by atoms with van der Waals surface area (Å²) in [4.78, 5) is 15.4. The Morgan fingerprint density at radius 3 is 2.21 bits per heavy atom. The SMILES string of the molecule is CC[N+]1(C2CCN(c3c(C)cc(C)cc3C)C2=O)CCCCC1.[Y]. The zero-order chi connectivity index (χ0) is 16.6. The topological polar surface area (TPSA) is 20.3 Å². The van der Waals surface area contributed by atoms with E-state index >= 15 is 0 Å². The zero-order valence-electron chi connectivity index (χ0n) is 15.8. The zero-order valence-corrected chi connectivity index (χ0v) is 18.6. The molecule has 3 rings (SSSR count). The van der Waals surface area contributed by atoms with E-state index in [0.717, 1.165) is 29.7 Å². The van der Waals surface area contributed by atoms with Crippen molar-refractivity contribution < 1.29 is 42.0 Å². The van der Waals surface area contributed by atoms with E-state index in [0.29, 0.717) is 5.91 Å². The van der Waals surface area contributed by atoms with Crippen molar-refractivity contribution in [2.24, 2.45) is 0 Å². The molecule has 2 saturated heterocycles. The second kappa shape index (κ2) is 7.97. The molecule has 129 valence electrons. The molecule has 1 radical (unpaired) electrons. The molecular formula is C20H31N2OY+. The van der Waals surface area contributed by atoms with Gasteiger partial charge in [0, 0.05) is 51.4 Å². The number of likely N-dealkylation sites (tertiary alicyclic amines) is 1. The summed E-state index contributed by atoms with van der Waals surface area (Å²) in [7, 11) is 0. The Bertz CT molecular complexity index is 585. The number of rotatable bonds is 3. The number of amides is 1. The molecule has 0 saturated carbocycles. The van der Waals surface area contributed by atoms with Gasteiger partial charge in [0.15, 0.2) is 6.04 Å². The largest absolute Gasteiger partial charge is 0.314 e. The van der Waals surface area contributed by atoms with Gasteiger partial charge in [0.05, 0.1) is 19.6 Å². The monoisotopic (exact) mass is 404 g/mol. The second-order valence-corrected chi connectivity index (χ2v) is 7.58. The first-order chi connectivity index (χ1) is 11.0. The second-order valence-electron chi connectivity index (χ2n) is 7.58. The summed E-state index contributed by atoms with van der Waals surface area (Å²) in [5, 5.41) is 0. The number of hydrogen-bond donors (Lipinski definition) is 0. The van der Waals surface area contributed by atoms with Crippen LogP contribution < -0.4 is 4.90 Å². The summed E-state index contributed by atoms with van der Waals surface area (Å²) in [6.07, 6.45) is 4.90. The molecule has 2 aliphatic heterocycles. The molecule has 0 spiro atoms. The van der Waals surface area contributed by atoms with Gasteiger partial charge in [-0.05, 0) is 58.1 Å². The Balaban J connectivity index is 0.00000208. The molecule has 1 unspecified atom stereocenters. The number of benzene rings is 1. The Kier molecular flexibility index (Phi) is 6.67. The minimum absolute atomic E-state index is 0. The van der Waals surface area contributed by atoms with Crippen LogP contribution in [0.5, 0.6) is 0 Å². The minimum atomic E-state index is 0. The Labute approximate surface area is 172 Å². The van der Waals surface area contributed by atoms with Gasteiger partial charge in [-0.3, -0.25) is 4.79 Å². The van der Waals surface area contributed by atoms with Crippen molar-refractivity contribution in [1.82, 2.24) is 0 Å². The van der Waals surface area contributed by atoms with Crippen molar-refractivity contribution >= 4 is 11.6 Å². The van der Waals surface area contributed by atoms with Crippen LogP contribution in [0.4, 0.5) is 5.69 Å². The quantitative estimate of drug-likeness (QED) is 0.703. The van der Waals surface area contributed by atoms with Crippen molar-refractivity contribution in [3.8, 4) is 0 Å². The number of carbonyl (C=O) groups is 1. The third-order valence-electron chi connectivity index (χ3n) is 6.08. The van der Waals surface area contributed by atoms with Gasteiger partial charge in [0.25, 0.3) is 5.91 Å². The molecule has 0 aliphatic carbocycles. The van der Waals surface area contributed by atoms with Crippen molar-refractivity contribution in [3.05, 3.63) is 28.8 Å². The van der Waals surface area contributed by atoms with Crippen LogP contribution >= 0.6 is 0 Å². The van der Waals surface area contributed by atoms with Crippen LogP contribution in [0, 0.1) is 20.8 Å². The molecule has 1 amide bonds. The summed E-state index contributed by atoms with van der Waals surface area (Å²) < 4.78 is 1.03. The standard InChI is InChI=1S/C20H31N2O.Y/c1-5-22(11-7-6-8-12-22)18-9-10-21(20(18)23)19-16(3)13-15(2)14-17(19)4;/h13-14,18H,5-12H2,1-4H3;/q+1;. The average Bonchev–Trinajstić information content (AvgIpc) is 2.89. The maximum atomic E-state index is 13.3. The van der Waals surface area contributed by atoms with E-state index in [9.17, 15) is 4.79 Å². The van der Waals surface area contributed by atoms with Crippen LogP contribution in [-0.2, 0) is 37.5 Å². The van der Waals surface area contributed by atoms with Gasteiger partial charge < -0.3 is 9.38 Å². The third-order valence-corrected chi connectivity index (χ3v) is 6.08. The molecule has 4 heteroatoms. The van der Waals surface area contributed by atoms with E-state index < -0.39 is 0 Å². The Morgan fingerprint density at radius 1 is 1.08 bits per heavy atom. The molecule has 24 heavy (non-hydrogen) atoms. The molecule has 0 bridgehead atoms. The number of likely N-dealkylation sites (N-methyl/N-ethyl adjacent to an activating group) is 1. The van der Waals surface area contributed by atoms with Crippen molar-refractivity contribution in [3.63, 3.8) is 0 Å². The fraction of sp³-hybridized carbons (Fsp3) is 0.650. The molecule has 1 aromatic rings. The van der Waals surface area contributed by atoms with E-state index in [1.807, 2.05) is 0 Å². The van der Waals surface area contributed by atoms with Gasteiger partial charge in [0.2, 0.25) is 0 Å². The average molecular weight is 404 g/mol. The van der Waals surface area contributed by atoms with Crippen LogP contribution in [0.15, 0.2) is 12.1 Å². The number of piperidine rings is 1. The first-order valence-corrected chi connectivity index (χ1v) is 9.23. The third kappa shape index (κ3) is 3.50. The molecule has 2 fully saturated rings. The van der Waals surface area contributed by atoms with Crippen LogP contribution in [0.1, 0.15) is 49.3 Å². The molecule has 3 nitrogen and oxygen atoms in total. The summed E-state index contributed by atoms with van der Waals surface area (Å²) in [6.45, 7) is 13.0. The van der Waals surface area contributed by atoms with Gasteiger partial charge in [-0.1, -0.05) is 17.7 Å². The van der Waals surface area contributed by atoms with Crippen LogP contribution in [0.2, 0.25) is 0 Å². The summed E-state index contributed by atoms with van der Waals surface area (Å²) in [5.74, 6) is 0.365. The van der Waals surface area contributed by atoms with E-state index in [4.69, 9.17) is 0 Å². The normalized spacial score (nSPS) is 23.2. The van der Waals surface area contributed by atoms with Gasteiger partial charge in [0.1, 0.15) is 0 Å². The van der Waals surface area contributed by atoms with Crippen molar-refractivity contribution in [2.45, 2.75) is 59.4 Å². The summed E-state index contributed by atoms with van der Waals surface area (Å²) >= 11 is 0. The fourth-order valence-corrected chi connectivity index (χ4v) is 4.98. The summed E-state index contributed by atoms with van der Waals surface area (Å²) in [5.41, 5.74) is 4.91. The molecule has 2 heterocycles. The van der Waals surface area contributed by atoms with Crippen LogP contribution in [0.3, 0.4) is 0 Å². The predicted octanol–water partition coefficient (Wildman–Crippen LogP) is 3.74. The molecule has 0 aromatic heterocycles. The molecule has 2 aliphatic rings. The van der Waals surface area contributed by atoms with Crippen LogP contribution in [0.25, 0.3) is 0 Å². The molecule has 0 N–H and O–H groups in total. The van der Waals surface area contributed by atoms with E-state index in [-0.39, 0.29) is 38.8 Å². The van der Waals surface area contributed by atoms with E-state index in [1.165, 1.54) is 49.0 Å². The smallest absolute Gasteiger partial charge is 0.285 e. The fourth-order valence-electron chi connectivity index (χ4n) is 4.98. The number of aryl methyl sites for hydroxylation is 3. The number of nitrogens with zero attached hydrogens (tertiary/aromatic N) is 2. The van der Waals surface area contributed by atoms with Gasteiger partial charge >= 0.3 is 0 Å². The summed E-state index contributed by atoms with van der Waals surface area (Å²) in [6, 6.07) is 4.59. The Hall–Kier alpha value is -0.246. The number of anilines is 1. The first-order valence-electron chi connectivity index (χ1n) is 9.23. The van der Waals surface area contributed by atoms with Gasteiger partial charge in [-0.15, -0.1) is 0 Å². The Morgan fingerprint density at radius 2 is 1.67 bits per heavy atom. The molecular weight excluding hydrogens is 373 g/mol. The number of quaternary nitrogens is 1. The van der Waals surface area contributed by atoms with Gasteiger partial charge in [-0.25, -0.2) is 0 Å². The first kappa shape index (κ1) is 20.1. The predicted molar refractivity (Wildman–Crippen MR) is 95.8 cm³/mol. The minimum Gasteiger partial charge on any atom is -0.314 e. The van der Waals surface area contributed by atoms with Crippen LogP contribution in [-0.4, -0.2) is 42.6 Å². The molecule has 1 aromatic carbocycles. The van der Waals surface area contributed by atoms with E-state index in [1.54, 1.807) is 0 Å². The van der Waals surface area contributed by atoms with Gasteiger partial charge in [-0.2, -0.15) is 0 Å². The number of carbonyl (C=O) groups excluding carboxylic acids is 1. The van der Waals surface area contributed by atoms with Crippen molar-refractivity contribution in [2.75, 3.05) is 31.1 Å². The van der Waals surface area contributed by atoms with E-state index in [2.05, 4.69) is 44.7 Å².